The fourth-order valence-electron chi connectivity index (χ4n) is 1.55. The maximum absolute atomic E-state index is 12.0. The van der Waals surface area contributed by atoms with Gasteiger partial charge in [-0.25, -0.2) is 0 Å². The number of halogens is 2. The summed E-state index contributed by atoms with van der Waals surface area (Å²) in [6, 6.07) is 7.42. The highest BCUT2D eigenvalue weighted by molar-refractivity contribution is 5.92. The van der Waals surface area contributed by atoms with E-state index in [2.05, 4.69) is 20.5 Å². The second kappa shape index (κ2) is 6.69. The Morgan fingerprint density at radius 1 is 1.38 bits per heavy atom. The van der Waals surface area contributed by atoms with Crippen LogP contribution in [0.25, 0.3) is 0 Å². The monoisotopic (exact) mass is 297 g/mol. The topological polar surface area (TPSA) is 76.4 Å². The van der Waals surface area contributed by atoms with Crippen LogP contribution in [0.3, 0.4) is 0 Å². The van der Waals surface area contributed by atoms with Crippen molar-refractivity contribution in [3.8, 4) is 5.75 Å². The van der Waals surface area contributed by atoms with Gasteiger partial charge in [-0.15, -0.1) is 0 Å². The largest absolute Gasteiger partial charge is 0.435 e. The molecule has 1 amide bonds. The van der Waals surface area contributed by atoms with Gasteiger partial charge in [0.25, 0.3) is 0 Å². The van der Waals surface area contributed by atoms with Crippen LogP contribution in [0.2, 0.25) is 0 Å². The molecule has 0 saturated heterocycles. The molecule has 2 aromatic rings. The molecule has 0 atom stereocenters. The lowest BCUT2D eigenvalue weighted by Gasteiger charge is -2.08. The second-order valence-electron chi connectivity index (χ2n) is 4.13. The summed E-state index contributed by atoms with van der Waals surface area (Å²) < 4.78 is 33.0. The number of nitrogens with one attached hydrogen (secondary N) is 2. The van der Waals surface area contributed by atoms with Gasteiger partial charge in [-0.1, -0.05) is 5.16 Å². The fourth-order valence-corrected chi connectivity index (χ4v) is 1.55. The summed E-state index contributed by atoms with van der Waals surface area (Å²) in [5.41, 5.74) is 0.600. The second-order valence-corrected chi connectivity index (χ2v) is 4.13. The van der Waals surface area contributed by atoms with Crippen LogP contribution in [-0.2, 0) is 4.79 Å². The number of rotatable bonds is 6. The molecule has 0 radical (unpaired) electrons. The number of anilines is 2. The summed E-state index contributed by atoms with van der Waals surface area (Å²) in [5, 5.41) is 9.01. The summed E-state index contributed by atoms with van der Waals surface area (Å²) in [6.45, 7) is -1.15. The van der Waals surface area contributed by atoms with Gasteiger partial charge in [-0.2, -0.15) is 8.78 Å². The molecule has 1 aromatic carbocycles. The van der Waals surface area contributed by atoms with Gasteiger partial charge < -0.3 is 19.9 Å². The van der Waals surface area contributed by atoms with Crippen molar-refractivity contribution in [3.05, 3.63) is 36.1 Å². The molecule has 0 unspecified atom stereocenters. The number of nitrogens with zero attached hydrogens (tertiary/aromatic N) is 1. The molecular weight excluding hydrogens is 284 g/mol. The van der Waals surface area contributed by atoms with Crippen molar-refractivity contribution in [3.63, 3.8) is 0 Å². The van der Waals surface area contributed by atoms with E-state index in [9.17, 15) is 13.6 Å². The predicted octanol–water partition coefficient (Wildman–Crippen LogP) is 2.64. The van der Waals surface area contributed by atoms with Gasteiger partial charge in [0.15, 0.2) is 5.82 Å². The molecule has 112 valence electrons. The Hall–Kier alpha value is -2.64. The average molecular weight is 297 g/mol. The molecule has 0 spiro atoms. The molecule has 0 saturated carbocycles. The standard InChI is InChI=1S/C13H13F2N3O3/c1-8-6-11(18-21-8)17-12(19)7-16-9-2-4-10(5-3-9)20-13(14)15/h2-6,13,16H,7H2,1H3,(H,17,18,19). The van der Waals surface area contributed by atoms with Crippen LogP contribution in [0.4, 0.5) is 20.3 Å². The van der Waals surface area contributed by atoms with Crippen LogP contribution in [0, 0.1) is 6.92 Å². The van der Waals surface area contributed by atoms with Gasteiger partial charge in [0.05, 0.1) is 6.54 Å². The zero-order valence-electron chi connectivity index (χ0n) is 11.1. The minimum atomic E-state index is -2.86. The van der Waals surface area contributed by atoms with Gasteiger partial charge in [0, 0.05) is 11.8 Å². The fraction of sp³-hybridized carbons (Fsp3) is 0.231. The van der Waals surface area contributed by atoms with Gasteiger partial charge in [-0.05, 0) is 31.2 Å². The molecule has 0 aliphatic carbocycles. The Kier molecular flexibility index (Phi) is 4.70. The van der Waals surface area contributed by atoms with Crippen molar-refractivity contribution < 1.29 is 22.8 Å². The van der Waals surface area contributed by atoms with E-state index in [1.54, 1.807) is 13.0 Å². The predicted molar refractivity (Wildman–Crippen MR) is 71.4 cm³/mol. The van der Waals surface area contributed by atoms with Crippen molar-refractivity contribution in [2.45, 2.75) is 13.5 Å². The van der Waals surface area contributed by atoms with E-state index < -0.39 is 6.61 Å². The van der Waals surface area contributed by atoms with Crippen molar-refractivity contribution in [1.29, 1.82) is 0 Å². The van der Waals surface area contributed by atoms with E-state index in [-0.39, 0.29) is 18.2 Å². The molecule has 21 heavy (non-hydrogen) atoms. The maximum Gasteiger partial charge on any atom is 0.387 e. The van der Waals surface area contributed by atoms with E-state index in [0.29, 0.717) is 17.3 Å². The first-order valence-corrected chi connectivity index (χ1v) is 6.05. The lowest BCUT2D eigenvalue weighted by atomic mass is 10.3. The van der Waals surface area contributed by atoms with Crippen molar-refractivity contribution in [1.82, 2.24) is 5.16 Å². The molecule has 1 heterocycles. The van der Waals surface area contributed by atoms with Crippen molar-refractivity contribution >= 4 is 17.4 Å². The van der Waals surface area contributed by atoms with Crippen LogP contribution in [-0.4, -0.2) is 24.2 Å². The number of hydrogen-bond donors (Lipinski definition) is 2. The first kappa shape index (κ1) is 14.8. The van der Waals surface area contributed by atoms with Crippen LogP contribution in [0.5, 0.6) is 5.75 Å². The Bertz CT molecular complexity index is 599. The van der Waals surface area contributed by atoms with Gasteiger partial charge in [0.2, 0.25) is 5.91 Å². The number of carbonyl (C=O) groups excluding carboxylic acids is 1. The Labute approximate surface area is 119 Å². The normalized spacial score (nSPS) is 10.5. The highest BCUT2D eigenvalue weighted by atomic mass is 19.3. The number of aromatic nitrogens is 1. The molecule has 2 rings (SSSR count). The molecule has 0 aliphatic rings. The Morgan fingerprint density at radius 2 is 2.10 bits per heavy atom. The summed E-state index contributed by atoms with van der Waals surface area (Å²) >= 11 is 0. The first-order valence-electron chi connectivity index (χ1n) is 6.05. The molecular formula is C13H13F2N3O3. The number of alkyl halides is 2. The molecule has 1 aromatic heterocycles. The third-order valence-corrected chi connectivity index (χ3v) is 2.43. The first-order chi connectivity index (χ1) is 10.0. The number of ether oxygens (including phenoxy) is 1. The third-order valence-electron chi connectivity index (χ3n) is 2.43. The summed E-state index contributed by atoms with van der Waals surface area (Å²) in [4.78, 5) is 11.6. The molecule has 6 nitrogen and oxygen atoms in total. The number of hydrogen-bond acceptors (Lipinski definition) is 5. The molecule has 0 bridgehead atoms. The highest BCUT2D eigenvalue weighted by Crippen LogP contribution is 2.17. The third kappa shape index (κ3) is 4.75. The lowest BCUT2D eigenvalue weighted by Crippen LogP contribution is -2.21. The van der Waals surface area contributed by atoms with Crippen LogP contribution in [0.1, 0.15) is 5.76 Å². The van der Waals surface area contributed by atoms with Crippen molar-refractivity contribution in [2.75, 3.05) is 17.2 Å². The van der Waals surface area contributed by atoms with E-state index in [0.717, 1.165) is 0 Å². The van der Waals surface area contributed by atoms with E-state index in [4.69, 9.17) is 4.52 Å². The van der Waals surface area contributed by atoms with Crippen LogP contribution >= 0.6 is 0 Å². The quantitative estimate of drug-likeness (QED) is 0.857. The van der Waals surface area contributed by atoms with Crippen molar-refractivity contribution in [2.24, 2.45) is 0 Å². The van der Waals surface area contributed by atoms with E-state index >= 15 is 0 Å². The number of benzene rings is 1. The average Bonchev–Trinajstić information content (AvgIpc) is 2.83. The molecule has 0 aliphatic heterocycles. The summed E-state index contributed by atoms with van der Waals surface area (Å²) in [6.07, 6.45) is 0. The summed E-state index contributed by atoms with van der Waals surface area (Å²) in [5.74, 6) is 0.669. The molecule has 8 heteroatoms. The lowest BCUT2D eigenvalue weighted by molar-refractivity contribution is -0.114. The highest BCUT2D eigenvalue weighted by Gasteiger charge is 2.07. The minimum Gasteiger partial charge on any atom is -0.435 e. The zero-order valence-corrected chi connectivity index (χ0v) is 11.1. The summed E-state index contributed by atoms with van der Waals surface area (Å²) in [7, 11) is 0. The molecule has 2 N–H and O–H groups in total. The van der Waals surface area contributed by atoms with Gasteiger partial charge in [-0.3, -0.25) is 4.79 Å². The SMILES string of the molecule is Cc1cc(NC(=O)CNc2ccc(OC(F)F)cc2)no1. The van der Waals surface area contributed by atoms with E-state index in [1.807, 2.05) is 0 Å². The Morgan fingerprint density at radius 3 is 2.67 bits per heavy atom. The maximum atomic E-state index is 12.0. The van der Waals surface area contributed by atoms with Gasteiger partial charge >= 0.3 is 6.61 Å². The zero-order chi connectivity index (χ0) is 15.2. The Balaban J connectivity index is 1.81. The van der Waals surface area contributed by atoms with Gasteiger partial charge in [0.1, 0.15) is 11.5 Å². The minimum absolute atomic E-state index is 0.000951. The van der Waals surface area contributed by atoms with Crippen LogP contribution < -0.4 is 15.4 Å². The molecule has 0 fully saturated rings. The van der Waals surface area contributed by atoms with E-state index in [1.165, 1.54) is 24.3 Å². The number of amides is 1. The number of carbonyl (C=O) groups is 1. The smallest absolute Gasteiger partial charge is 0.387 e. The number of aryl methyl sites for hydroxylation is 1. The van der Waals surface area contributed by atoms with Crippen LogP contribution in [0.15, 0.2) is 34.9 Å².